The summed E-state index contributed by atoms with van der Waals surface area (Å²) in [4.78, 5) is 12.9. The van der Waals surface area contributed by atoms with Crippen LogP contribution in [0.25, 0.3) is 0 Å². The van der Waals surface area contributed by atoms with Crippen LogP contribution in [0.4, 0.5) is 0 Å². The monoisotopic (exact) mass is 325 g/mol. The van der Waals surface area contributed by atoms with E-state index in [2.05, 4.69) is 55.5 Å². The van der Waals surface area contributed by atoms with E-state index in [0.29, 0.717) is 5.56 Å². The summed E-state index contributed by atoms with van der Waals surface area (Å²) < 4.78 is 1.95. The Morgan fingerprint density at radius 2 is 1.96 bits per heavy atom. The number of rotatable bonds is 2. The molecular weight excluding hydrogens is 298 g/mol. The van der Waals surface area contributed by atoms with Gasteiger partial charge in [0.15, 0.2) is 0 Å². The van der Waals surface area contributed by atoms with Crippen molar-refractivity contribution in [1.82, 2.24) is 15.1 Å². The van der Waals surface area contributed by atoms with Crippen LogP contribution in [0, 0.1) is 13.8 Å². The zero-order chi connectivity index (χ0) is 17.5. The van der Waals surface area contributed by atoms with Gasteiger partial charge in [-0.25, -0.2) is 0 Å². The van der Waals surface area contributed by atoms with Gasteiger partial charge < -0.3 is 5.32 Å². The molecule has 1 atom stereocenters. The molecule has 0 spiro atoms. The Hall–Kier alpha value is -2.10. The molecule has 0 saturated heterocycles. The molecule has 0 bridgehead atoms. The number of aromatic nitrogens is 2. The Morgan fingerprint density at radius 1 is 1.25 bits per heavy atom. The van der Waals surface area contributed by atoms with Crippen molar-refractivity contribution >= 4 is 5.91 Å². The maximum atomic E-state index is 12.9. The minimum absolute atomic E-state index is 0.0118. The number of nitrogens with one attached hydrogen (secondary N) is 1. The zero-order valence-electron chi connectivity index (χ0n) is 15.3. The van der Waals surface area contributed by atoms with Gasteiger partial charge in [-0.1, -0.05) is 24.3 Å². The minimum Gasteiger partial charge on any atom is -0.345 e. The Morgan fingerprint density at radius 3 is 2.62 bits per heavy atom. The van der Waals surface area contributed by atoms with Gasteiger partial charge in [-0.3, -0.25) is 9.48 Å². The lowest BCUT2D eigenvalue weighted by molar-refractivity contribution is 0.0931. The zero-order valence-corrected chi connectivity index (χ0v) is 15.3. The fraction of sp³-hybridized carbons (Fsp3) is 0.500. The van der Waals surface area contributed by atoms with E-state index in [1.54, 1.807) is 0 Å². The molecule has 1 N–H and O–H groups in total. The van der Waals surface area contributed by atoms with Crippen molar-refractivity contribution in [3.8, 4) is 0 Å². The second-order valence-corrected chi connectivity index (χ2v) is 7.75. The molecule has 1 heterocycles. The molecule has 4 nitrogen and oxygen atoms in total. The van der Waals surface area contributed by atoms with Crippen molar-refractivity contribution in [3.63, 3.8) is 0 Å². The van der Waals surface area contributed by atoms with Gasteiger partial charge in [0, 0.05) is 5.69 Å². The number of carbonyl (C=O) groups is 1. The number of amides is 1. The molecule has 128 valence electrons. The van der Waals surface area contributed by atoms with Crippen LogP contribution in [0.5, 0.6) is 0 Å². The first-order valence-corrected chi connectivity index (χ1v) is 8.74. The first-order chi connectivity index (χ1) is 11.3. The third kappa shape index (κ3) is 2.97. The summed E-state index contributed by atoms with van der Waals surface area (Å²) in [5.41, 5.74) is 4.92. The van der Waals surface area contributed by atoms with E-state index in [1.807, 2.05) is 18.5 Å². The summed E-state index contributed by atoms with van der Waals surface area (Å²) >= 11 is 0. The highest BCUT2D eigenvalue weighted by molar-refractivity contribution is 5.96. The predicted octanol–water partition coefficient (Wildman–Crippen LogP) is 4.06. The second kappa shape index (κ2) is 6.08. The van der Waals surface area contributed by atoms with Gasteiger partial charge in [0.1, 0.15) is 0 Å². The number of carbonyl (C=O) groups excluding carboxylic acids is 1. The summed E-state index contributed by atoms with van der Waals surface area (Å²) in [6, 6.07) is 8.53. The van der Waals surface area contributed by atoms with Crippen LogP contribution in [0.15, 0.2) is 24.3 Å². The molecular formula is C20H27N3O. The number of hydrogen-bond acceptors (Lipinski definition) is 2. The van der Waals surface area contributed by atoms with Crippen LogP contribution in [-0.4, -0.2) is 15.7 Å². The molecule has 1 aromatic heterocycles. The maximum Gasteiger partial charge on any atom is 0.255 e. The van der Waals surface area contributed by atoms with E-state index in [-0.39, 0.29) is 17.5 Å². The van der Waals surface area contributed by atoms with Crippen molar-refractivity contribution in [2.45, 2.75) is 65.5 Å². The van der Waals surface area contributed by atoms with Crippen LogP contribution in [0.1, 0.15) is 72.5 Å². The fourth-order valence-corrected chi connectivity index (χ4v) is 3.76. The van der Waals surface area contributed by atoms with E-state index in [0.717, 1.165) is 30.7 Å². The van der Waals surface area contributed by atoms with E-state index >= 15 is 0 Å². The molecule has 3 rings (SSSR count). The van der Waals surface area contributed by atoms with E-state index in [9.17, 15) is 4.79 Å². The molecule has 0 aliphatic heterocycles. The predicted molar refractivity (Wildman–Crippen MR) is 96.3 cm³/mol. The highest BCUT2D eigenvalue weighted by atomic mass is 16.1. The number of hydrogen-bond donors (Lipinski definition) is 1. The van der Waals surface area contributed by atoms with Gasteiger partial charge >= 0.3 is 0 Å². The molecule has 2 aromatic rings. The van der Waals surface area contributed by atoms with Crippen LogP contribution in [-0.2, 0) is 12.0 Å². The van der Waals surface area contributed by atoms with Crippen molar-refractivity contribution in [1.29, 1.82) is 0 Å². The van der Waals surface area contributed by atoms with Crippen molar-refractivity contribution in [3.05, 3.63) is 52.3 Å². The number of fused-ring (bicyclic) bond motifs is 1. The van der Waals surface area contributed by atoms with Gasteiger partial charge in [0.25, 0.3) is 5.91 Å². The third-order valence-electron chi connectivity index (χ3n) is 4.83. The standard InChI is InChI=1S/C20H27N3O/c1-13-18(14(2)23(22-13)20(3,4)5)19(24)21-17-12-8-10-15-9-6-7-11-16(15)17/h6-7,9,11,17H,8,10,12H2,1-5H3,(H,21,24). The maximum absolute atomic E-state index is 12.9. The summed E-state index contributed by atoms with van der Waals surface area (Å²) in [5, 5.41) is 7.84. The third-order valence-corrected chi connectivity index (χ3v) is 4.83. The molecule has 1 unspecified atom stereocenters. The average molecular weight is 325 g/mol. The van der Waals surface area contributed by atoms with Gasteiger partial charge in [-0.2, -0.15) is 5.10 Å². The summed E-state index contributed by atoms with van der Waals surface area (Å²) in [5.74, 6) is -0.0118. The largest absolute Gasteiger partial charge is 0.345 e. The van der Waals surface area contributed by atoms with E-state index < -0.39 is 0 Å². The van der Waals surface area contributed by atoms with Crippen LogP contribution in [0.2, 0.25) is 0 Å². The fourth-order valence-electron chi connectivity index (χ4n) is 3.76. The SMILES string of the molecule is Cc1nn(C(C)(C)C)c(C)c1C(=O)NC1CCCc2ccccc21. The normalized spacial score (nSPS) is 17.5. The summed E-state index contributed by atoms with van der Waals surface area (Å²) in [6.07, 6.45) is 3.21. The molecule has 4 heteroatoms. The van der Waals surface area contributed by atoms with Gasteiger partial charge in [-0.15, -0.1) is 0 Å². The highest BCUT2D eigenvalue weighted by Gasteiger charge is 2.27. The molecule has 1 amide bonds. The quantitative estimate of drug-likeness (QED) is 0.905. The Kier molecular flexibility index (Phi) is 4.24. The first-order valence-electron chi connectivity index (χ1n) is 8.74. The molecule has 1 aliphatic rings. The molecule has 24 heavy (non-hydrogen) atoms. The second-order valence-electron chi connectivity index (χ2n) is 7.75. The Labute approximate surface area is 144 Å². The lowest BCUT2D eigenvalue weighted by Gasteiger charge is -2.26. The molecule has 1 aromatic carbocycles. The summed E-state index contributed by atoms with van der Waals surface area (Å²) in [6.45, 7) is 10.2. The van der Waals surface area contributed by atoms with Crippen LogP contribution in [0.3, 0.4) is 0 Å². The molecule has 0 radical (unpaired) electrons. The lowest BCUT2D eigenvalue weighted by Crippen LogP contribution is -2.32. The number of benzene rings is 1. The minimum atomic E-state index is -0.134. The lowest BCUT2D eigenvalue weighted by atomic mass is 9.87. The van der Waals surface area contributed by atoms with E-state index in [1.165, 1.54) is 11.1 Å². The van der Waals surface area contributed by atoms with Crippen molar-refractivity contribution in [2.24, 2.45) is 0 Å². The first kappa shape index (κ1) is 16.7. The van der Waals surface area contributed by atoms with Gasteiger partial charge in [-0.05, 0) is 65.0 Å². The molecule has 1 aliphatic carbocycles. The van der Waals surface area contributed by atoms with E-state index in [4.69, 9.17) is 0 Å². The highest BCUT2D eigenvalue weighted by Crippen LogP contribution is 2.30. The smallest absolute Gasteiger partial charge is 0.255 e. The van der Waals surface area contributed by atoms with Crippen molar-refractivity contribution < 1.29 is 4.79 Å². The topological polar surface area (TPSA) is 46.9 Å². The average Bonchev–Trinajstić information content (AvgIpc) is 2.82. The summed E-state index contributed by atoms with van der Waals surface area (Å²) in [7, 11) is 0. The Bertz CT molecular complexity index is 768. The molecule has 0 saturated carbocycles. The molecule has 0 fully saturated rings. The van der Waals surface area contributed by atoms with Gasteiger partial charge in [0.05, 0.1) is 22.8 Å². The Balaban J connectivity index is 1.88. The van der Waals surface area contributed by atoms with Crippen LogP contribution < -0.4 is 5.32 Å². The number of aryl methyl sites for hydroxylation is 2. The van der Waals surface area contributed by atoms with Crippen LogP contribution >= 0.6 is 0 Å². The number of nitrogens with zero attached hydrogens (tertiary/aromatic N) is 2. The van der Waals surface area contributed by atoms with Gasteiger partial charge in [0.2, 0.25) is 0 Å². The van der Waals surface area contributed by atoms with Crippen molar-refractivity contribution in [2.75, 3.05) is 0 Å².